The predicted octanol–water partition coefficient (Wildman–Crippen LogP) is 2.36. The highest BCUT2D eigenvalue weighted by Gasteiger charge is 2.22. The summed E-state index contributed by atoms with van der Waals surface area (Å²) >= 11 is 0. The minimum Gasteiger partial charge on any atom is -0.495 e. The van der Waals surface area contributed by atoms with E-state index in [0.717, 1.165) is 6.07 Å². The Balaban J connectivity index is 1.81. The first-order chi connectivity index (χ1) is 16.1. The monoisotopic (exact) mass is 484 g/mol. The van der Waals surface area contributed by atoms with Gasteiger partial charge in [0.05, 0.1) is 22.6 Å². The molecule has 3 aromatic rings. The van der Waals surface area contributed by atoms with Gasteiger partial charge in [0.1, 0.15) is 11.8 Å². The molecule has 3 aromatic carbocycles. The van der Waals surface area contributed by atoms with Crippen LogP contribution in [0.4, 0.5) is 11.4 Å². The molecule has 11 nitrogen and oxygen atoms in total. The molecular formula is C22H20N4O7S. The Kier molecular flexibility index (Phi) is 7.12. The Hall–Kier alpha value is -4.45. The first-order valence-corrected chi connectivity index (χ1v) is 11.2. The van der Waals surface area contributed by atoms with Crippen LogP contribution in [-0.4, -0.2) is 32.3 Å². The maximum atomic E-state index is 12.8. The molecule has 0 saturated carbocycles. The normalized spacial score (nSPS) is 11.8. The van der Waals surface area contributed by atoms with Crippen LogP contribution in [0.5, 0.6) is 5.75 Å². The molecule has 12 heteroatoms. The summed E-state index contributed by atoms with van der Waals surface area (Å²) in [6.45, 7) is 0. The van der Waals surface area contributed by atoms with Crippen molar-refractivity contribution in [3.8, 4) is 5.75 Å². The average Bonchev–Trinajstić information content (AvgIpc) is 2.82. The lowest BCUT2D eigenvalue weighted by Crippen LogP contribution is -2.37. The van der Waals surface area contributed by atoms with Crippen LogP contribution in [0.15, 0.2) is 77.7 Å². The number of nitrogens with one attached hydrogen (secondary N) is 2. The van der Waals surface area contributed by atoms with Crippen LogP contribution in [-0.2, 0) is 14.8 Å². The standard InChI is InChI=1S/C22H20N4O7S/c1-33-19-12-9-16(26(29)30)13-18(19)25-34(31,32)17-10-7-15(8-11-17)22(28)24-20(21(23)27)14-5-3-2-4-6-14/h2-13,20,25H,1H3,(H2,23,27)(H,24,28). The van der Waals surface area contributed by atoms with Gasteiger partial charge in [0.2, 0.25) is 5.91 Å². The average molecular weight is 484 g/mol. The summed E-state index contributed by atoms with van der Waals surface area (Å²) in [7, 11) is -2.88. The second kappa shape index (κ2) is 10.0. The molecule has 1 atom stereocenters. The van der Waals surface area contributed by atoms with Crippen LogP contribution in [0.25, 0.3) is 0 Å². The van der Waals surface area contributed by atoms with Gasteiger partial charge in [-0.3, -0.25) is 24.4 Å². The molecule has 4 N–H and O–H groups in total. The SMILES string of the molecule is COc1ccc([N+](=O)[O-])cc1NS(=O)(=O)c1ccc(C(=O)NC(C(N)=O)c2ccccc2)cc1. The molecule has 0 saturated heterocycles. The summed E-state index contributed by atoms with van der Waals surface area (Å²) in [6, 6.07) is 15.7. The molecule has 0 aliphatic heterocycles. The second-order valence-electron chi connectivity index (χ2n) is 6.99. The van der Waals surface area contributed by atoms with E-state index in [1.165, 1.54) is 43.5 Å². The zero-order chi connectivity index (χ0) is 24.9. The zero-order valence-electron chi connectivity index (χ0n) is 17.8. The third-order valence-corrected chi connectivity index (χ3v) is 6.14. The maximum Gasteiger partial charge on any atom is 0.271 e. The number of carbonyl (C=O) groups is 2. The number of ether oxygens (including phenoxy) is 1. The van der Waals surface area contributed by atoms with Gasteiger partial charge in [-0.15, -0.1) is 0 Å². The number of anilines is 1. The van der Waals surface area contributed by atoms with E-state index in [2.05, 4.69) is 10.0 Å². The molecule has 176 valence electrons. The molecule has 0 aliphatic rings. The largest absolute Gasteiger partial charge is 0.495 e. The van der Waals surface area contributed by atoms with Crippen molar-refractivity contribution in [2.45, 2.75) is 10.9 Å². The summed E-state index contributed by atoms with van der Waals surface area (Å²) in [5, 5.41) is 13.5. The highest BCUT2D eigenvalue weighted by atomic mass is 32.2. The number of carbonyl (C=O) groups excluding carboxylic acids is 2. The van der Waals surface area contributed by atoms with E-state index in [1.54, 1.807) is 30.3 Å². The molecule has 1 unspecified atom stereocenters. The van der Waals surface area contributed by atoms with Crippen molar-refractivity contribution in [1.29, 1.82) is 0 Å². The molecule has 0 aromatic heterocycles. The minimum absolute atomic E-state index is 0.0866. The van der Waals surface area contributed by atoms with E-state index >= 15 is 0 Å². The van der Waals surface area contributed by atoms with Crippen LogP contribution in [0.3, 0.4) is 0 Å². The Bertz CT molecular complexity index is 1330. The van der Waals surface area contributed by atoms with E-state index in [-0.39, 0.29) is 27.6 Å². The lowest BCUT2D eigenvalue weighted by Gasteiger charge is -2.16. The number of rotatable bonds is 9. The molecule has 0 spiro atoms. The van der Waals surface area contributed by atoms with Gasteiger partial charge in [-0.25, -0.2) is 8.42 Å². The van der Waals surface area contributed by atoms with Crippen LogP contribution < -0.4 is 20.5 Å². The number of primary amides is 1. The third-order valence-electron chi connectivity index (χ3n) is 4.76. The fraction of sp³-hybridized carbons (Fsp3) is 0.0909. The van der Waals surface area contributed by atoms with Crippen molar-refractivity contribution in [2.75, 3.05) is 11.8 Å². The zero-order valence-corrected chi connectivity index (χ0v) is 18.6. The molecule has 0 aliphatic carbocycles. The number of hydrogen-bond acceptors (Lipinski definition) is 7. The van der Waals surface area contributed by atoms with Crippen LogP contribution >= 0.6 is 0 Å². The van der Waals surface area contributed by atoms with Gasteiger partial charge in [0.15, 0.2) is 0 Å². The fourth-order valence-corrected chi connectivity index (χ4v) is 4.12. The summed E-state index contributed by atoms with van der Waals surface area (Å²) in [6.07, 6.45) is 0. The van der Waals surface area contributed by atoms with E-state index in [0.29, 0.717) is 5.56 Å². The molecule has 34 heavy (non-hydrogen) atoms. The Morgan fingerprint density at radius 1 is 1.03 bits per heavy atom. The topological polar surface area (TPSA) is 171 Å². The Morgan fingerprint density at radius 2 is 1.68 bits per heavy atom. The molecule has 0 fully saturated rings. The number of non-ortho nitro benzene ring substituents is 1. The van der Waals surface area contributed by atoms with Crippen molar-refractivity contribution in [2.24, 2.45) is 5.73 Å². The molecule has 3 rings (SSSR count). The molecule has 0 radical (unpaired) electrons. The van der Waals surface area contributed by atoms with Gasteiger partial charge in [0.25, 0.3) is 21.6 Å². The van der Waals surface area contributed by atoms with E-state index in [4.69, 9.17) is 10.5 Å². The number of hydrogen-bond donors (Lipinski definition) is 3. The van der Waals surface area contributed by atoms with Crippen molar-refractivity contribution < 1.29 is 27.7 Å². The summed E-state index contributed by atoms with van der Waals surface area (Å²) in [5.41, 5.74) is 5.55. The van der Waals surface area contributed by atoms with Gasteiger partial charge in [-0.1, -0.05) is 30.3 Å². The van der Waals surface area contributed by atoms with Gasteiger partial charge < -0.3 is 15.8 Å². The van der Waals surface area contributed by atoms with E-state index < -0.39 is 32.8 Å². The number of benzene rings is 3. The maximum absolute atomic E-state index is 12.8. The number of nitro groups is 1. The quantitative estimate of drug-likeness (QED) is 0.309. The lowest BCUT2D eigenvalue weighted by atomic mass is 10.1. The van der Waals surface area contributed by atoms with Crippen molar-refractivity contribution in [3.05, 3.63) is 94.0 Å². The van der Waals surface area contributed by atoms with E-state index in [1.807, 2.05) is 0 Å². The second-order valence-corrected chi connectivity index (χ2v) is 8.67. The number of methoxy groups -OCH3 is 1. The fourth-order valence-electron chi connectivity index (χ4n) is 3.06. The van der Waals surface area contributed by atoms with Crippen LogP contribution in [0, 0.1) is 10.1 Å². The third kappa shape index (κ3) is 5.48. The van der Waals surface area contributed by atoms with Crippen molar-refractivity contribution in [3.63, 3.8) is 0 Å². The van der Waals surface area contributed by atoms with Crippen molar-refractivity contribution in [1.82, 2.24) is 5.32 Å². The Labute approximate surface area is 194 Å². The number of nitrogens with zero attached hydrogens (tertiary/aromatic N) is 1. The summed E-state index contributed by atoms with van der Waals surface area (Å²) in [4.78, 5) is 34.6. The highest BCUT2D eigenvalue weighted by molar-refractivity contribution is 7.92. The predicted molar refractivity (Wildman–Crippen MR) is 123 cm³/mol. The van der Waals surface area contributed by atoms with Gasteiger partial charge in [0, 0.05) is 17.7 Å². The van der Waals surface area contributed by atoms with Crippen LogP contribution in [0.2, 0.25) is 0 Å². The molecule has 2 amide bonds. The number of nitrogens with two attached hydrogens (primary N) is 1. The number of sulfonamides is 1. The van der Waals surface area contributed by atoms with Crippen molar-refractivity contribution >= 4 is 33.2 Å². The first kappa shape index (κ1) is 24.2. The Morgan fingerprint density at radius 3 is 2.24 bits per heavy atom. The molecule has 0 heterocycles. The number of amides is 2. The lowest BCUT2D eigenvalue weighted by molar-refractivity contribution is -0.384. The minimum atomic E-state index is -4.17. The first-order valence-electron chi connectivity index (χ1n) is 9.73. The van der Waals surface area contributed by atoms with Gasteiger partial charge >= 0.3 is 0 Å². The van der Waals surface area contributed by atoms with Gasteiger partial charge in [-0.05, 0) is 35.9 Å². The summed E-state index contributed by atoms with van der Waals surface area (Å²) < 4.78 is 32.9. The molecular weight excluding hydrogens is 464 g/mol. The van der Waals surface area contributed by atoms with E-state index in [9.17, 15) is 28.1 Å². The summed E-state index contributed by atoms with van der Waals surface area (Å²) in [5.74, 6) is -1.30. The van der Waals surface area contributed by atoms with Gasteiger partial charge in [-0.2, -0.15) is 0 Å². The molecule has 0 bridgehead atoms. The van der Waals surface area contributed by atoms with Crippen LogP contribution in [0.1, 0.15) is 22.0 Å². The number of nitro benzene ring substituents is 1. The smallest absolute Gasteiger partial charge is 0.271 e. The highest BCUT2D eigenvalue weighted by Crippen LogP contribution is 2.31.